The molecule has 102 valence electrons. The Bertz CT molecular complexity index is 696. The normalized spacial score (nSPS) is 12.5. The van der Waals surface area contributed by atoms with Gasteiger partial charge in [0.15, 0.2) is 5.82 Å². The molecule has 3 rings (SSSR count). The van der Waals surface area contributed by atoms with Crippen LogP contribution in [0.25, 0.3) is 0 Å². The zero-order valence-electron chi connectivity index (χ0n) is 10.5. The lowest BCUT2D eigenvalue weighted by Gasteiger charge is -2.01. The second-order valence-corrected chi connectivity index (χ2v) is 5.29. The van der Waals surface area contributed by atoms with Crippen LogP contribution in [0.2, 0.25) is 0 Å². The third-order valence-corrected chi connectivity index (χ3v) is 3.86. The van der Waals surface area contributed by atoms with Crippen LogP contribution < -0.4 is 5.73 Å². The highest BCUT2D eigenvalue weighted by Gasteiger charge is 2.18. The van der Waals surface area contributed by atoms with Crippen molar-refractivity contribution in [2.45, 2.75) is 12.5 Å². The molecular weight excluding hydrogens is 277 g/mol. The number of halogens is 1. The molecule has 1 unspecified atom stereocenters. The predicted molar refractivity (Wildman–Crippen MR) is 73.9 cm³/mol. The molecule has 0 saturated heterocycles. The first-order chi connectivity index (χ1) is 9.74. The molecule has 0 amide bonds. The molecule has 2 aromatic heterocycles. The zero-order chi connectivity index (χ0) is 13.9. The summed E-state index contributed by atoms with van der Waals surface area (Å²) in [7, 11) is 0. The number of rotatable bonds is 4. The van der Waals surface area contributed by atoms with E-state index in [9.17, 15) is 4.39 Å². The van der Waals surface area contributed by atoms with E-state index in [1.807, 2.05) is 17.5 Å². The van der Waals surface area contributed by atoms with Crippen molar-refractivity contribution < 1.29 is 8.91 Å². The molecule has 0 bridgehead atoms. The van der Waals surface area contributed by atoms with Crippen LogP contribution in [-0.2, 0) is 6.42 Å². The van der Waals surface area contributed by atoms with Crippen molar-refractivity contribution in [1.29, 1.82) is 0 Å². The van der Waals surface area contributed by atoms with Gasteiger partial charge in [-0.15, -0.1) is 11.3 Å². The predicted octanol–water partition coefficient (Wildman–Crippen LogP) is 2.91. The van der Waals surface area contributed by atoms with Crippen LogP contribution in [-0.4, -0.2) is 10.1 Å². The molecule has 1 aromatic carbocycles. The number of benzene rings is 1. The topological polar surface area (TPSA) is 64.9 Å². The van der Waals surface area contributed by atoms with E-state index in [0.717, 1.165) is 4.88 Å². The first kappa shape index (κ1) is 13.0. The first-order valence-electron chi connectivity index (χ1n) is 6.09. The van der Waals surface area contributed by atoms with Crippen LogP contribution in [0.3, 0.4) is 0 Å². The second kappa shape index (κ2) is 5.52. The first-order valence-corrected chi connectivity index (χ1v) is 6.97. The molecule has 2 heterocycles. The lowest BCUT2D eigenvalue weighted by molar-refractivity contribution is 0.364. The Kier molecular flexibility index (Phi) is 3.58. The number of aromatic nitrogens is 2. The van der Waals surface area contributed by atoms with Gasteiger partial charge in [-0.1, -0.05) is 29.4 Å². The molecule has 6 heteroatoms. The van der Waals surface area contributed by atoms with Gasteiger partial charge in [0.1, 0.15) is 11.9 Å². The number of thiophene rings is 1. The van der Waals surface area contributed by atoms with Gasteiger partial charge in [-0.25, -0.2) is 4.39 Å². The molecular formula is C14H12FN3OS. The summed E-state index contributed by atoms with van der Waals surface area (Å²) in [5.41, 5.74) is 6.57. The largest absolute Gasteiger partial charge is 0.337 e. The van der Waals surface area contributed by atoms with Crippen LogP contribution in [0.4, 0.5) is 4.39 Å². The fourth-order valence-corrected chi connectivity index (χ4v) is 2.59. The molecule has 4 nitrogen and oxygen atoms in total. The molecule has 0 fully saturated rings. The van der Waals surface area contributed by atoms with Crippen LogP contribution in [0, 0.1) is 5.82 Å². The number of nitrogens with zero attached hydrogens (tertiary/aromatic N) is 2. The average Bonchev–Trinajstić information content (AvgIpc) is 3.12. The highest BCUT2D eigenvalue weighted by atomic mass is 32.1. The van der Waals surface area contributed by atoms with E-state index in [1.165, 1.54) is 17.4 Å². The third-order valence-electron chi connectivity index (χ3n) is 2.91. The van der Waals surface area contributed by atoms with Gasteiger partial charge in [0.2, 0.25) is 5.89 Å². The molecule has 3 aromatic rings. The molecule has 0 aliphatic heterocycles. The highest BCUT2D eigenvalue weighted by Crippen LogP contribution is 2.22. The minimum absolute atomic E-state index is 0.276. The van der Waals surface area contributed by atoms with Crippen molar-refractivity contribution in [3.63, 3.8) is 0 Å². The number of hydrogen-bond acceptors (Lipinski definition) is 5. The summed E-state index contributed by atoms with van der Waals surface area (Å²) >= 11 is 1.53. The summed E-state index contributed by atoms with van der Waals surface area (Å²) in [5, 5.41) is 5.79. The third kappa shape index (κ3) is 2.61. The fraction of sp³-hybridized carbons (Fsp3) is 0.143. The van der Waals surface area contributed by atoms with Gasteiger partial charge in [0, 0.05) is 11.3 Å². The molecule has 0 saturated carbocycles. The summed E-state index contributed by atoms with van der Waals surface area (Å²) in [4.78, 5) is 5.19. The van der Waals surface area contributed by atoms with E-state index >= 15 is 0 Å². The van der Waals surface area contributed by atoms with E-state index in [0.29, 0.717) is 17.3 Å². The van der Waals surface area contributed by atoms with Gasteiger partial charge in [-0.05, 0) is 23.1 Å². The molecule has 0 radical (unpaired) electrons. The van der Waals surface area contributed by atoms with E-state index in [1.54, 1.807) is 18.2 Å². The minimum Gasteiger partial charge on any atom is -0.337 e. The zero-order valence-corrected chi connectivity index (χ0v) is 11.3. The molecule has 1 atom stereocenters. The number of hydrogen-bond donors (Lipinski definition) is 1. The van der Waals surface area contributed by atoms with Crippen molar-refractivity contribution in [2.75, 3.05) is 0 Å². The van der Waals surface area contributed by atoms with E-state index in [-0.39, 0.29) is 12.2 Å². The Labute approximate surface area is 119 Å². The van der Waals surface area contributed by atoms with Crippen molar-refractivity contribution in [3.05, 3.63) is 69.8 Å². The maximum Gasteiger partial charge on any atom is 0.248 e. The van der Waals surface area contributed by atoms with Crippen LogP contribution >= 0.6 is 11.3 Å². The van der Waals surface area contributed by atoms with E-state index in [2.05, 4.69) is 10.1 Å². The highest BCUT2D eigenvalue weighted by molar-refractivity contribution is 7.10. The Hall–Kier alpha value is -2.05. The van der Waals surface area contributed by atoms with Crippen LogP contribution in [0.1, 0.15) is 28.2 Å². The second-order valence-electron chi connectivity index (χ2n) is 4.31. The molecule has 0 aliphatic carbocycles. The fourth-order valence-electron chi connectivity index (χ4n) is 1.87. The summed E-state index contributed by atoms with van der Waals surface area (Å²) in [5.74, 6) is 0.498. The average molecular weight is 289 g/mol. The van der Waals surface area contributed by atoms with Gasteiger partial charge in [0.05, 0.1) is 0 Å². The lowest BCUT2D eigenvalue weighted by atomic mass is 10.1. The van der Waals surface area contributed by atoms with Crippen molar-refractivity contribution in [1.82, 2.24) is 10.1 Å². The Balaban J connectivity index is 1.79. The quantitative estimate of drug-likeness (QED) is 0.802. The molecule has 0 aliphatic rings. The minimum atomic E-state index is -0.433. The van der Waals surface area contributed by atoms with Gasteiger partial charge >= 0.3 is 0 Å². The van der Waals surface area contributed by atoms with Crippen molar-refractivity contribution >= 4 is 11.3 Å². The maximum absolute atomic E-state index is 13.6. The molecule has 2 N–H and O–H groups in total. The van der Waals surface area contributed by atoms with Gasteiger partial charge in [-0.3, -0.25) is 0 Å². The smallest absolute Gasteiger partial charge is 0.248 e. The summed E-state index contributed by atoms with van der Waals surface area (Å²) < 4.78 is 18.7. The summed E-state index contributed by atoms with van der Waals surface area (Å²) in [6.07, 6.45) is 0.285. The van der Waals surface area contributed by atoms with Crippen molar-refractivity contribution in [2.24, 2.45) is 5.73 Å². The molecule has 0 spiro atoms. The number of nitrogens with two attached hydrogens (primary N) is 1. The Morgan fingerprint density at radius 3 is 2.85 bits per heavy atom. The Morgan fingerprint density at radius 1 is 1.25 bits per heavy atom. The van der Waals surface area contributed by atoms with E-state index in [4.69, 9.17) is 10.3 Å². The standard InChI is InChI=1S/C14H12FN3OS/c15-10-5-2-1-4-9(10)8-12-17-14(19-18-12)13(16)11-6-3-7-20-11/h1-7,13H,8,16H2. The van der Waals surface area contributed by atoms with Crippen molar-refractivity contribution in [3.8, 4) is 0 Å². The van der Waals surface area contributed by atoms with E-state index < -0.39 is 6.04 Å². The lowest BCUT2D eigenvalue weighted by Crippen LogP contribution is -2.10. The van der Waals surface area contributed by atoms with Gasteiger partial charge < -0.3 is 10.3 Å². The van der Waals surface area contributed by atoms with Gasteiger partial charge in [0.25, 0.3) is 0 Å². The summed E-state index contributed by atoms with van der Waals surface area (Å²) in [6.45, 7) is 0. The van der Waals surface area contributed by atoms with Crippen LogP contribution in [0.5, 0.6) is 0 Å². The van der Waals surface area contributed by atoms with Crippen LogP contribution in [0.15, 0.2) is 46.3 Å². The molecule has 20 heavy (non-hydrogen) atoms. The monoisotopic (exact) mass is 289 g/mol. The maximum atomic E-state index is 13.6. The summed E-state index contributed by atoms with van der Waals surface area (Å²) in [6, 6.07) is 9.92. The SMILES string of the molecule is NC(c1nc(Cc2ccccc2F)no1)c1cccs1. The Morgan fingerprint density at radius 2 is 2.10 bits per heavy atom. The van der Waals surface area contributed by atoms with Gasteiger partial charge in [-0.2, -0.15) is 4.98 Å².